The summed E-state index contributed by atoms with van der Waals surface area (Å²) < 4.78 is 42.8. The number of rotatable bonds is 8. The first kappa shape index (κ1) is 23.6. The molecule has 10 heteroatoms. The molecule has 0 radical (unpaired) electrons. The van der Waals surface area contributed by atoms with Crippen molar-refractivity contribution >= 4 is 33.3 Å². The van der Waals surface area contributed by atoms with Gasteiger partial charge < -0.3 is 19.5 Å². The summed E-state index contributed by atoms with van der Waals surface area (Å²) in [5, 5.41) is 2.64. The van der Waals surface area contributed by atoms with Crippen molar-refractivity contribution in [2.24, 2.45) is 0 Å². The number of anilines is 2. The van der Waals surface area contributed by atoms with Crippen LogP contribution in [0.15, 0.2) is 71.6 Å². The van der Waals surface area contributed by atoms with Crippen LogP contribution in [0.25, 0.3) is 0 Å². The van der Waals surface area contributed by atoms with E-state index < -0.39 is 21.9 Å². The van der Waals surface area contributed by atoms with E-state index >= 15 is 0 Å². The molecule has 0 atom stereocenters. The van der Waals surface area contributed by atoms with Gasteiger partial charge in [-0.2, -0.15) is 0 Å². The van der Waals surface area contributed by atoms with Crippen LogP contribution in [-0.2, 0) is 14.8 Å². The predicted molar refractivity (Wildman–Crippen MR) is 123 cm³/mol. The summed E-state index contributed by atoms with van der Waals surface area (Å²) in [6.45, 7) is 0. The largest absolute Gasteiger partial charge is 0.493 e. The van der Waals surface area contributed by atoms with Gasteiger partial charge in [0.15, 0.2) is 11.5 Å². The summed E-state index contributed by atoms with van der Waals surface area (Å²) in [5.41, 5.74) is 0.560. The van der Waals surface area contributed by atoms with Crippen molar-refractivity contribution in [1.29, 1.82) is 0 Å². The molecule has 0 spiro atoms. The lowest BCUT2D eigenvalue weighted by Crippen LogP contribution is -2.17. The van der Waals surface area contributed by atoms with Crippen molar-refractivity contribution < 1.29 is 32.2 Å². The van der Waals surface area contributed by atoms with E-state index in [-0.39, 0.29) is 33.1 Å². The van der Waals surface area contributed by atoms with E-state index in [1.165, 1.54) is 69.9 Å². The molecule has 0 bridgehead atoms. The minimum atomic E-state index is -3.83. The van der Waals surface area contributed by atoms with E-state index in [1.54, 1.807) is 18.2 Å². The van der Waals surface area contributed by atoms with Crippen LogP contribution in [0, 0.1) is 0 Å². The monoisotopic (exact) mass is 470 g/mol. The van der Waals surface area contributed by atoms with Crippen molar-refractivity contribution in [1.82, 2.24) is 0 Å². The Hall–Kier alpha value is -4.05. The number of ether oxygens (including phenoxy) is 3. The van der Waals surface area contributed by atoms with Crippen molar-refractivity contribution in [3.63, 3.8) is 0 Å². The van der Waals surface area contributed by atoms with Crippen LogP contribution in [-0.4, -0.2) is 41.6 Å². The molecule has 1 amide bonds. The van der Waals surface area contributed by atoms with E-state index in [9.17, 15) is 18.0 Å². The zero-order chi connectivity index (χ0) is 24.0. The molecule has 0 fully saturated rings. The van der Waals surface area contributed by atoms with Gasteiger partial charge in [-0.25, -0.2) is 13.2 Å². The Kier molecular flexibility index (Phi) is 7.19. The Balaban J connectivity index is 1.89. The Morgan fingerprint density at radius 2 is 1.48 bits per heavy atom. The number of sulfonamides is 1. The third-order valence-corrected chi connectivity index (χ3v) is 6.00. The molecule has 0 aromatic heterocycles. The number of methoxy groups -OCH3 is 3. The highest BCUT2D eigenvalue weighted by Crippen LogP contribution is 2.34. The summed E-state index contributed by atoms with van der Waals surface area (Å²) in [6, 6.07) is 16.6. The van der Waals surface area contributed by atoms with Gasteiger partial charge >= 0.3 is 5.97 Å². The maximum absolute atomic E-state index is 12.9. The average Bonchev–Trinajstić information content (AvgIpc) is 2.83. The van der Waals surface area contributed by atoms with Gasteiger partial charge in [-0.3, -0.25) is 9.52 Å². The lowest BCUT2D eigenvalue weighted by Gasteiger charge is -2.15. The van der Waals surface area contributed by atoms with Gasteiger partial charge in [0.2, 0.25) is 0 Å². The van der Waals surface area contributed by atoms with Gasteiger partial charge in [-0.05, 0) is 30.3 Å². The van der Waals surface area contributed by atoms with E-state index in [4.69, 9.17) is 14.2 Å². The molecule has 0 aliphatic carbocycles. The number of carbonyl (C=O) groups excluding carboxylic acids is 2. The Morgan fingerprint density at radius 1 is 0.818 bits per heavy atom. The van der Waals surface area contributed by atoms with Crippen molar-refractivity contribution in [2.75, 3.05) is 31.4 Å². The van der Waals surface area contributed by atoms with Gasteiger partial charge in [0.1, 0.15) is 0 Å². The highest BCUT2D eigenvalue weighted by Gasteiger charge is 2.20. The third-order valence-electron chi connectivity index (χ3n) is 4.61. The molecule has 3 aromatic rings. The second-order valence-electron chi connectivity index (χ2n) is 6.70. The zero-order valence-electron chi connectivity index (χ0n) is 18.1. The van der Waals surface area contributed by atoms with Crippen LogP contribution in [0.2, 0.25) is 0 Å². The zero-order valence-corrected chi connectivity index (χ0v) is 18.9. The molecule has 0 heterocycles. The molecule has 3 rings (SSSR count). The van der Waals surface area contributed by atoms with Crippen LogP contribution in [0.4, 0.5) is 11.4 Å². The quantitative estimate of drug-likeness (QED) is 0.483. The summed E-state index contributed by atoms with van der Waals surface area (Å²) in [7, 11) is 0.225. The lowest BCUT2D eigenvalue weighted by atomic mass is 10.1. The molecule has 0 unspecified atom stereocenters. The molecule has 3 aromatic carbocycles. The topological polar surface area (TPSA) is 120 Å². The predicted octanol–water partition coefficient (Wildman–Crippen LogP) is 3.54. The normalized spacial score (nSPS) is 10.8. The second kappa shape index (κ2) is 10.0. The average molecular weight is 471 g/mol. The molecule has 0 saturated heterocycles. The summed E-state index contributed by atoms with van der Waals surface area (Å²) in [5.74, 6) is -0.679. The first-order chi connectivity index (χ1) is 15.8. The molecule has 0 aliphatic rings. The summed E-state index contributed by atoms with van der Waals surface area (Å²) in [6.07, 6.45) is 0. The first-order valence-electron chi connectivity index (χ1n) is 9.62. The van der Waals surface area contributed by atoms with Gasteiger partial charge in [0.05, 0.1) is 37.5 Å². The fourth-order valence-electron chi connectivity index (χ4n) is 2.99. The molecule has 9 nitrogen and oxygen atoms in total. The van der Waals surface area contributed by atoms with Crippen molar-refractivity contribution in [3.05, 3.63) is 77.9 Å². The number of hydrogen-bond acceptors (Lipinski definition) is 7. The fourth-order valence-corrected chi connectivity index (χ4v) is 4.06. The third kappa shape index (κ3) is 5.42. The van der Waals surface area contributed by atoms with E-state index in [0.717, 1.165) is 0 Å². The lowest BCUT2D eigenvalue weighted by molar-refractivity contribution is 0.0601. The summed E-state index contributed by atoms with van der Waals surface area (Å²) >= 11 is 0. The van der Waals surface area contributed by atoms with Crippen LogP contribution >= 0.6 is 0 Å². The maximum Gasteiger partial charge on any atom is 0.340 e. The standard InChI is InChI=1S/C23H22N2O7S/c1-30-20-13-18(23(27)32-3)19(14-21(20)31-2)24-22(26)15-8-7-9-16(12-15)25-33(28,29)17-10-5-4-6-11-17/h4-14,25H,1-3H3,(H,24,26). The Morgan fingerprint density at radius 3 is 2.12 bits per heavy atom. The molecule has 33 heavy (non-hydrogen) atoms. The van der Waals surface area contributed by atoms with Gasteiger partial charge in [-0.1, -0.05) is 24.3 Å². The van der Waals surface area contributed by atoms with Crippen LogP contribution in [0.3, 0.4) is 0 Å². The highest BCUT2D eigenvalue weighted by molar-refractivity contribution is 7.92. The Bertz CT molecular complexity index is 1280. The minimum Gasteiger partial charge on any atom is -0.493 e. The van der Waals surface area contributed by atoms with E-state index in [2.05, 4.69) is 10.0 Å². The number of amides is 1. The second-order valence-corrected chi connectivity index (χ2v) is 8.38. The number of nitrogens with one attached hydrogen (secondary N) is 2. The molecule has 2 N–H and O–H groups in total. The van der Waals surface area contributed by atoms with Gasteiger partial charge in [-0.15, -0.1) is 0 Å². The number of benzene rings is 3. The van der Waals surface area contributed by atoms with Crippen molar-refractivity contribution in [3.8, 4) is 11.5 Å². The Labute approximate surface area is 191 Å². The van der Waals surface area contributed by atoms with Gasteiger partial charge in [0.25, 0.3) is 15.9 Å². The molecule has 172 valence electrons. The SMILES string of the molecule is COC(=O)c1cc(OC)c(OC)cc1NC(=O)c1cccc(NS(=O)(=O)c2ccccc2)c1. The van der Waals surface area contributed by atoms with Crippen LogP contribution in [0.5, 0.6) is 11.5 Å². The van der Waals surface area contributed by atoms with Crippen LogP contribution in [0.1, 0.15) is 20.7 Å². The molecular weight excluding hydrogens is 448 g/mol. The smallest absolute Gasteiger partial charge is 0.340 e. The minimum absolute atomic E-state index is 0.0597. The van der Waals surface area contributed by atoms with Gasteiger partial charge in [0, 0.05) is 23.4 Å². The molecule has 0 aliphatic heterocycles. The number of carbonyl (C=O) groups is 2. The van der Waals surface area contributed by atoms with Crippen molar-refractivity contribution in [2.45, 2.75) is 4.90 Å². The first-order valence-corrected chi connectivity index (χ1v) is 11.1. The molecular formula is C23H22N2O7S. The fraction of sp³-hybridized carbons (Fsp3) is 0.130. The van der Waals surface area contributed by atoms with E-state index in [0.29, 0.717) is 5.75 Å². The number of hydrogen-bond donors (Lipinski definition) is 2. The van der Waals surface area contributed by atoms with Crippen LogP contribution < -0.4 is 19.5 Å². The highest BCUT2D eigenvalue weighted by atomic mass is 32.2. The molecule has 0 saturated carbocycles. The summed E-state index contributed by atoms with van der Waals surface area (Å²) in [4.78, 5) is 25.2. The number of esters is 1. The maximum atomic E-state index is 12.9. The van der Waals surface area contributed by atoms with E-state index in [1.807, 2.05) is 0 Å².